The average molecular weight is 480 g/mol. The first-order valence-corrected chi connectivity index (χ1v) is 13.2. The van der Waals surface area contributed by atoms with Crippen molar-refractivity contribution in [3.8, 4) is 0 Å². The molecule has 0 fully saturated rings. The van der Waals surface area contributed by atoms with Crippen LogP contribution in [0.2, 0.25) is 0 Å². The molecule has 1 N–H and O–H groups in total. The van der Waals surface area contributed by atoms with Gasteiger partial charge in [0.15, 0.2) is 0 Å². The molecule has 4 heteroatoms. The first kappa shape index (κ1) is 26.7. The van der Waals surface area contributed by atoms with Crippen molar-refractivity contribution >= 4 is 21.3 Å². The van der Waals surface area contributed by atoms with E-state index in [9.17, 15) is 4.21 Å². The fourth-order valence-electron chi connectivity index (χ4n) is 3.67. The molecule has 0 saturated carbocycles. The monoisotopic (exact) mass is 479 g/mol. The van der Waals surface area contributed by atoms with Crippen LogP contribution in [0.5, 0.6) is 0 Å². The SMILES string of the molecule is C=C/C=C(\C=C)C(=C=C(C1=CC=C(Cl)CC1)S(=N)(=O)C1C=CC(CC)=CC1)/C(C)=C/C=C\C. The van der Waals surface area contributed by atoms with Gasteiger partial charge in [0.25, 0.3) is 0 Å². The smallest absolute Gasteiger partial charge is 0.0935 e. The van der Waals surface area contributed by atoms with Crippen LogP contribution >= 0.6 is 11.6 Å². The van der Waals surface area contributed by atoms with Gasteiger partial charge in [-0.1, -0.05) is 104 Å². The molecule has 0 aromatic rings. The van der Waals surface area contributed by atoms with Crippen molar-refractivity contribution in [3.05, 3.63) is 124 Å². The minimum absolute atomic E-state index is 0.408. The molecular weight excluding hydrogens is 446 g/mol. The van der Waals surface area contributed by atoms with Crippen LogP contribution in [0.3, 0.4) is 0 Å². The zero-order valence-electron chi connectivity index (χ0n) is 19.9. The van der Waals surface area contributed by atoms with Gasteiger partial charge in [-0.05, 0) is 62.3 Å². The third kappa shape index (κ3) is 6.95. The standard InChI is InChI=1S/C29H34ClNOS/c1-6-10-12-22(5)28(24(9-4)11-7-2)21-29(25-15-17-26(30)18-16-25)33(31,32)27-19-13-23(8-3)14-20-27/h6-7,9-15,17,19,27,31H,2,4,8,16,18,20H2,1,3,5H3/b10-6-,22-12+,24-11+. The summed E-state index contributed by atoms with van der Waals surface area (Å²) >= 11 is 6.20. The predicted molar refractivity (Wildman–Crippen MR) is 146 cm³/mol. The van der Waals surface area contributed by atoms with E-state index in [4.69, 9.17) is 16.4 Å². The first-order valence-electron chi connectivity index (χ1n) is 11.2. The lowest BCUT2D eigenvalue weighted by atomic mass is 9.97. The minimum atomic E-state index is -3.20. The molecule has 2 nitrogen and oxygen atoms in total. The highest BCUT2D eigenvalue weighted by Crippen LogP contribution is 2.34. The van der Waals surface area contributed by atoms with Crippen molar-refractivity contribution < 1.29 is 4.21 Å². The second kappa shape index (κ2) is 12.6. The maximum absolute atomic E-state index is 14.1. The van der Waals surface area contributed by atoms with Gasteiger partial charge in [-0.25, -0.2) is 8.99 Å². The van der Waals surface area contributed by atoms with E-state index in [0.717, 1.165) is 33.7 Å². The summed E-state index contributed by atoms with van der Waals surface area (Å²) in [6.07, 6.45) is 23.7. The molecule has 0 bridgehead atoms. The van der Waals surface area contributed by atoms with Gasteiger partial charge < -0.3 is 0 Å². The van der Waals surface area contributed by atoms with Crippen LogP contribution in [-0.4, -0.2) is 9.46 Å². The highest BCUT2D eigenvalue weighted by molar-refractivity contribution is 7.97. The second-order valence-corrected chi connectivity index (χ2v) is 10.6. The average Bonchev–Trinajstić information content (AvgIpc) is 2.82. The van der Waals surface area contributed by atoms with Crippen molar-refractivity contribution in [1.82, 2.24) is 0 Å². The maximum Gasteiger partial charge on any atom is 0.0935 e. The van der Waals surface area contributed by atoms with Gasteiger partial charge in [0.2, 0.25) is 0 Å². The molecule has 2 unspecified atom stereocenters. The van der Waals surface area contributed by atoms with E-state index in [1.54, 1.807) is 12.2 Å². The lowest BCUT2D eigenvalue weighted by molar-refractivity contribution is 0.672. The van der Waals surface area contributed by atoms with E-state index >= 15 is 0 Å². The number of nitrogens with one attached hydrogen (secondary N) is 1. The Labute approximate surface area is 205 Å². The Morgan fingerprint density at radius 3 is 2.58 bits per heavy atom. The van der Waals surface area contributed by atoms with Crippen LogP contribution in [0.15, 0.2) is 124 Å². The summed E-state index contributed by atoms with van der Waals surface area (Å²) in [6.45, 7) is 13.8. The Morgan fingerprint density at radius 1 is 1.30 bits per heavy atom. The molecule has 2 atom stereocenters. The van der Waals surface area contributed by atoms with Gasteiger partial charge in [0.05, 0.1) is 19.9 Å². The van der Waals surface area contributed by atoms with E-state index in [1.165, 1.54) is 5.57 Å². The lowest BCUT2D eigenvalue weighted by Gasteiger charge is -2.23. The normalized spacial score (nSPS) is 20.8. The molecule has 0 aromatic carbocycles. The quantitative estimate of drug-likeness (QED) is 0.260. The van der Waals surface area contributed by atoms with E-state index < -0.39 is 15.0 Å². The molecule has 2 rings (SSSR count). The van der Waals surface area contributed by atoms with Gasteiger partial charge in [0.1, 0.15) is 0 Å². The van der Waals surface area contributed by atoms with E-state index in [2.05, 4.69) is 31.9 Å². The van der Waals surface area contributed by atoms with Crippen LogP contribution < -0.4 is 0 Å². The third-order valence-electron chi connectivity index (χ3n) is 5.64. The Morgan fingerprint density at radius 2 is 2.06 bits per heavy atom. The van der Waals surface area contributed by atoms with E-state index in [-0.39, 0.29) is 0 Å². The fourth-order valence-corrected chi connectivity index (χ4v) is 5.61. The number of rotatable bonds is 9. The minimum Gasteiger partial charge on any atom is -0.248 e. The van der Waals surface area contributed by atoms with Gasteiger partial charge >= 0.3 is 0 Å². The van der Waals surface area contributed by atoms with E-state index in [0.29, 0.717) is 24.2 Å². The molecular formula is C29H34ClNOS. The van der Waals surface area contributed by atoms with Crippen molar-refractivity contribution in [2.75, 3.05) is 0 Å². The largest absolute Gasteiger partial charge is 0.248 e. The molecule has 33 heavy (non-hydrogen) atoms. The topological polar surface area (TPSA) is 40.9 Å². The molecule has 0 aromatic heterocycles. The predicted octanol–water partition coefficient (Wildman–Crippen LogP) is 8.77. The van der Waals surface area contributed by atoms with E-state index in [1.807, 2.05) is 62.5 Å². The molecule has 2 aliphatic rings. The second-order valence-electron chi connectivity index (χ2n) is 7.94. The van der Waals surface area contributed by atoms with Crippen LogP contribution in [-0.2, 0) is 9.73 Å². The molecule has 174 valence electrons. The first-order chi connectivity index (χ1) is 15.8. The summed E-state index contributed by atoms with van der Waals surface area (Å²) < 4.78 is 23.2. The van der Waals surface area contributed by atoms with Crippen molar-refractivity contribution in [3.63, 3.8) is 0 Å². The third-order valence-corrected chi connectivity index (χ3v) is 8.13. The molecule has 2 aliphatic carbocycles. The Bertz CT molecular complexity index is 1170. The number of hydrogen-bond donors (Lipinski definition) is 1. The van der Waals surface area contributed by atoms with Crippen molar-refractivity contribution in [1.29, 1.82) is 4.78 Å². The Balaban J connectivity index is 2.86. The molecule has 0 amide bonds. The highest BCUT2D eigenvalue weighted by atomic mass is 35.5. The Kier molecular flexibility index (Phi) is 10.2. The zero-order valence-corrected chi connectivity index (χ0v) is 21.4. The summed E-state index contributed by atoms with van der Waals surface area (Å²) in [5.74, 6) is 0. The number of allylic oxidation sites excluding steroid dienone is 15. The van der Waals surface area contributed by atoms with Crippen LogP contribution in [0.1, 0.15) is 46.5 Å². The number of hydrogen-bond acceptors (Lipinski definition) is 2. The summed E-state index contributed by atoms with van der Waals surface area (Å²) in [5, 5.41) is 0.351. The van der Waals surface area contributed by atoms with Crippen LogP contribution in [0.4, 0.5) is 0 Å². The molecule has 0 radical (unpaired) electrons. The van der Waals surface area contributed by atoms with Gasteiger partial charge in [-0.3, -0.25) is 0 Å². The zero-order chi connectivity index (χ0) is 24.4. The molecule has 0 heterocycles. The fraction of sp³-hybridized carbons (Fsp3) is 0.276. The van der Waals surface area contributed by atoms with Crippen molar-refractivity contribution in [2.24, 2.45) is 0 Å². The van der Waals surface area contributed by atoms with Crippen LogP contribution in [0, 0.1) is 4.78 Å². The van der Waals surface area contributed by atoms with Gasteiger partial charge in [-0.15, -0.1) is 0 Å². The summed E-state index contributed by atoms with van der Waals surface area (Å²) in [4.78, 5) is 0.436. The molecule has 0 spiro atoms. The Hall–Kier alpha value is -2.58. The van der Waals surface area contributed by atoms with Gasteiger partial charge in [0, 0.05) is 10.6 Å². The maximum atomic E-state index is 14.1. The summed E-state index contributed by atoms with van der Waals surface area (Å²) in [5.41, 5.74) is 7.99. The van der Waals surface area contributed by atoms with Crippen LogP contribution in [0.25, 0.3) is 0 Å². The van der Waals surface area contributed by atoms with Gasteiger partial charge in [-0.2, -0.15) is 0 Å². The molecule has 0 aliphatic heterocycles. The number of halogens is 1. The van der Waals surface area contributed by atoms with Crippen molar-refractivity contribution in [2.45, 2.75) is 51.7 Å². The summed E-state index contributed by atoms with van der Waals surface area (Å²) in [6, 6.07) is 0. The lowest BCUT2D eigenvalue weighted by Crippen LogP contribution is -2.22. The highest BCUT2D eigenvalue weighted by Gasteiger charge is 2.28. The summed E-state index contributed by atoms with van der Waals surface area (Å²) in [7, 11) is -3.20. The molecule has 0 saturated heterocycles.